The Hall–Kier alpha value is -0.490. The van der Waals surface area contributed by atoms with Crippen molar-refractivity contribution in [2.75, 3.05) is 31.1 Å². The zero-order valence-corrected chi connectivity index (χ0v) is 17.8. The monoisotopic (exact) mass is 458 g/mol. The average molecular weight is 460 g/mol. The number of benzene rings is 2. The van der Waals surface area contributed by atoms with E-state index in [9.17, 15) is 0 Å². The summed E-state index contributed by atoms with van der Waals surface area (Å²) in [4.78, 5) is 5.19. The third kappa shape index (κ3) is 5.24. The van der Waals surface area contributed by atoms with Crippen molar-refractivity contribution in [3.63, 3.8) is 0 Å². The van der Waals surface area contributed by atoms with E-state index < -0.39 is 0 Å². The smallest absolute Gasteiger partial charge is 0.0508 e. The molecule has 0 aliphatic carbocycles. The summed E-state index contributed by atoms with van der Waals surface area (Å²) >= 11 is 1.88. The summed E-state index contributed by atoms with van der Waals surface area (Å²) < 4.78 is 0. The maximum absolute atomic E-state index is 3.42. The molecule has 0 amide bonds. The SMILES string of the molecule is Br.Br.Cc1ccc(Sc2ccccc2N2CCNCC2)c(C)c1. The third-order valence-electron chi connectivity index (χ3n) is 3.87. The van der Waals surface area contributed by atoms with Crippen molar-refractivity contribution in [3.05, 3.63) is 53.6 Å². The Labute approximate surface area is 164 Å². The first kappa shape index (κ1) is 20.6. The van der Waals surface area contributed by atoms with E-state index >= 15 is 0 Å². The van der Waals surface area contributed by atoms with E-state index in [0.29, 0.717) is 0 Å². The number of halogens is 2. The van der Waals surface area contributed by atoms with Crippen LogP contribution in [0.5, 0.6) is 0 Å². The van der Waals surface area contributed by atoms with Crippen LogP contribution < -0.4 is 10.2 Å². The molecule has 2 aromatic carbocycles. The quantitative estimate of drug-likeness (QED) is 0.693. The fraction of sp³-hybridized carbons (Fsp3) is 0.333. The highest BCUT2D eigenvalue weighted by atomic mass is 79.9. The van der Waals surface area contributed by atoms with Crippen molar-refractivity contribution >= 4 is 51.4 Å². The molecule has 5 heteroatoms. The molecule has 1 heterocycles. The molecular formula is C18H24Br2N2S. The summed E-state index contributed by atoms with van der Waals surface area (Å²) in [7, 11) is 0. The number of hydrogen-bond donors (Lipinski definition) is 1. The number of rotatable bonds is 3. The molecule has 1 N–H and O–H groups in total. The Morgan fingerprint density at radius 2 is 1.61 bits per heavy atom. The van der Waals surface area contributed by atoms with Crippen LogP contribution in [-0.2, 0) is 0 Å². The van der Waals surface area contributed by atoms with Gasteiger partial charge in [-0.1, -0.05) is 41.6 Å². The Balaban J connectivity index is 0.00000132. The predicted molar refractivity (Wildman–Crippen MR) is 112 cm³/mol. The molecule has 23 heavy (non-hydrogen) atoms. The van der Waals surface area contributed by atoms with Crippen LogP contribution in [0.3, 0.4) is 0 Å². The molecule has 0 spiro atoms. The first-order chi connectivity index (χ1) is 10.2. The second-order valence-electron chi connectivity index (χ2n) is 5.58. The van der Waals surface area contributed by atoms with Crippen LogP contribution in [0.25, 0.3) is 0 Å². The van der Waals surface area contributed by atoms with Crippen LogP contribution in [0.15, 0.2) is 52.3 Å². The Bertz CT molecular complexity index is 628. The van der Waals surface area contributed by atoms with Crippen molar-refractivity contribution in [2.45, 2.75) is 23.6 Å². The van der Waals surface area contributed by atoms with Gasteiger partial charge in [-0.2, -0.15) is 0 Å². The fourth-order valence-corrected chi connectivity index (χ4v) is 3.78. The minimum absolute atomic E-state index is 0. The van der Waals surface area contributed by atoms with E-state index in [2.05, 4.69) is 66.5 Å². The number of aryl methyl sites for hydroxylation is 2. The van der Waals surface area contributed by atoms with Crippen molar-refractivity contribution in [2.24, 2.45) is 0 Å². The molecular weight excluding hydrogens is 436 g/mol. The van der Waals surface area contributed by atoms with Gasteiger partial charge in [0.15, 0.2) is 0 Å². The lowest BCUT2D eigenvalue weighted by Crippen LogP contribution is -2.43. The molecule has 0 atom stereocenters. The molecule has 126 valence electrons. The first-order valence-electron chi connectivity index (χ1n) is 7.54. The molecule has 0 aromatic heterocycles. The second-order valence-corrected chi connectivity index (χ2v) is 6.66. The molecule has 3 rings (SSSR count). The second kappa shape index (κ2) is 9.72. The van der Waals surface area contributed by atoms with Gasteiger partial charge in [-0.05, 0) is 37.6 Å². The summed E-state index contributed by atoms with van der Waals surface area (Å²) in [5.41, 5.74) is 4.05. The molecule has 1 fully saturated rings. The van der Waals surface area contributed by atoms with Crippen molar-refractivity contribution in [3.8, 4) is 0 Å². The zero-order valence-electron chi connectivity index (χ0n) is 13.5. The molecule has 2 nitrogen and oxygen atoms in total. The number of para-hydroxylation sites is 1. The molecule has 0 unspecified atom stereocenters. The lowest BCUT2D eigenvalue weighted by Gasteiger charge is -2.31. The number of nitrogens with one attached hydrogen (secondary N) is 1. The standard InChI is InChI=1S/C18H22N2S.2BrH/c1-14-7-8-17(15(2)13-14)21-18-6-4-3-5-16(18)20-11-9-19-10-12-20;;/h3-8,13,19H,9-12H2,1-2H3;2*1H. The van der Waals surface area contributed by atoms with Gasteiger partial charge in [-0.25, -0.2) is 0 Å². The first-order valence-corrected chi connectivity index (χ1v) is 8.35. The van der Waals surface area contributed by atoms with E-state index in [1.165, 1.54) is 26.6 Å². The van der Waals surface area contributed by atoms with Gasteiger partial charge in [-0.3, -0.25) is 0 Å². The summed E-state index contributed by atoms with van der Waals surface area (Å²) in [6.07, 6.45) is 0. The van der Waals surface area contributed by atoms with Gasteiger partial charge in [0, 0.05) is 36.0 Å². The Morgan fingerprint density at radius 1 is 0.913 bits per heavy atom. The van der Waals surface area contributed by atoms with Gasteiger partial charge in [0.05, 0.1) is 5.69 Å². The van der Waals surface area contributed by atoms with Crippen LogP contribution in [0.4, 0.5) is 5.69 Å². The van der Waals surface area contributed by atoms with E-state index in [-0.39, 0.29) is 34.0 Å². The molecule has 0 saturated carbocycles. The Kier molecular flexibility index (Phi) is 8.69. The van der Waals surface area contributed by atoms with Gasteiger partial charge < -0.3 is 10.2 Å². The summed E-state index contributed by atoms with van der Waals surface area (Å²) in [5.74, 6) is 0. The average Bonchev–Trinajstić information content (AvgIpc) is 2.51. The molecule has 1 aliphatic heterocycles. The molecule has 2 aromatic rings. The summed E-state index contributed by atoms with van der Waals surface area (Å²) in [6.45, 7) is 8.67. The Morgan fingerprint density at radius 3 is 2.30 bits per heavy atom. The summed E-state index contributed by atoms with van der Waals surface area (Å²) in [6, 6.07) is 15.5. The highest BCUT2D eigenvalue weighted by Crippen LogP contribution is 2.37. The molecule has 1 aliphatic rings. The van der Waals surface area contributed by atoms with Gasteiger partial charge >= 0.3 is 0 Å². The predicted octanol–water partition coefficient (Wildman–Crippen LogP) is 5.02. The minimum atomic E-state index is 0. The topological polar surface area (TPSA) is 15.3 Å². The van der Waals surface area contributed by atoms with Crippen LogP contribution in [-0.4, -0.2) is 26.2 Å². The van der Waals surface area contributed by atoms with Crippen LogP contribution >= 0.6 is 45.7 Å². The lowest BCUT2D eigenvalue weighted by molar-refractivity contribution is 0.587. The normalized spacial score (nSPS) is 13.9. The zero-order chi connectivity index (χ0) is 14.7. The van der Waals surface area contributed by atoms with Gasteiger partial charge in [-0.15, -0.1) is 34.0 Å². The fourth-order valence-electron chi connectivity index (χ4n) is 2.74. The van der Waals surface area contributed by atoms with Crippen molar-refractivity contribution in [1.29, 1.82) is 0 Å². The largest absolute Gasteiger partial charge is 0.368 e. The highest BCUT2D eigenvalue weighted by molar-refractivity contribution is 8.93. The molecule has 0 bridgehead atoms. The summed E-state index contributed by atoms with van der Waals surface area (Å²) in [5, 5.41) is 3.42. The van der Waals surface area contributed by atoms with Gasteiger partial charge in [0.25, 0.3) is 0 Å². The number of nitrogens with zero attached hydrogens (tertiary/aromatic N) is 1. The van der Waals surface area contributed by atoms with Crippen molar-refractivity contribution < 1.29 is 0 Å². The number of piperazine rings is 1. The van der Waals surface area contributed by atoms with Crippen molar-refractivity contribution in [1.82, 2.24) is 5.32 Å². The number of anilines is 1. The minimum Gasteiger partial charge on any atom is -0.368 e. The number of hydrogen-bond acceptors (Lipinski definition) is 3. The third-order valence-corrected chi connectivity index (χ3v) is 5.12. The lowest BCUT2D eigenvalue weighted by atomic mass is 10.2. The molecule has 1 saturated heterocycles. The maximum Gasteiger partial charge on any atom is 0.0508 e. The van der Waals surface area contributed by atoms with Gasteiger partial charge in [0.2, 0.25) is 0 Å². The molecule has 0 radical (unpaired) electrons. The van der Waals surface area contributed by atoms with Crippen LogP contribution in [0.2, 0.25) is 0 Å². The van der Waals surface area contributed by atoms with E-state index in [4.69, 9.17) is 0 Å². The van der Waals surface area contributed by atoms with Gasteiger partial charge in [0.1, 0.15) is 0 Å². The van der Waals surface area contributed by atoms with E-state index in [1.54, 1.807) is 0 Å². The van der Waals surface area contributed by atoms with E-state index in [0.717, 1.165) is 26.2 Å². The maximum atomic E-state index is 3.42. The van der Waals surface area contributed by atoms with E-state index in [1.807, 2.05) is 11.8 Å². The van der Waals surface area contributed by atoms with Crippen LogP contribution in [0.1, 0.15) is 11.1 Å². The van der Waals surface area contributed by atoms with Crippen LogP contribution in [0, 0.1) is 13.8 Å². The highest BCUT2D eigenvalue weighted by Gasteiger charge is 2.14.